The number of phenolic OH excluding ortho intramolecular Hbond substituents is 1. The van der Waals surface area contributed by atoms with Crippen LogP contribution < -0.4 is 11.1 Å². The number of nitrogens with two attached hydrogens (primary N) is 1. The Hall–Kier alpha value is -1.75. The highest BCUT2D eigenvalue weighted by molar-refractivity contribution is 5.95. The normalized spacial score (nSPS) is 17.6. The fourth-order valence-corrected chi connectivity index (χ4v) is 2.75. The first-order valence-electron chi connectivity index (χ1n) is 7.04. The van der Waals surface area contributed by atoms with Gasteiger partial charge in [-0.2, -0.15) is 0 Å². The van der Waals surface area contributed by atoms with Crippen LogP contribution >= 0.6 is 0 Å². The lowest BCUT2D eigenvalue weighted by atomic mass is 9.74. The van der Waals surface area contributed by atoms with E-state index in [-0.39, 0.29) is 29.4 Å². The Bertz CT molecular complexity index is 482. The molecule has 0 aromatic heterocycles. The van der Waals surface area contributed by atoms with E-state index in [1.165, 1.54) is 18.6 Å². The summed E-state index contributed by atoms with van der Waals surface area (Å²) in [5.74, 6) is -0.342. The average molecular weight is 278 g/mol. The Labute approximate surface area is 118 Å². The molecule has 1 saturated carbocycles. The third kappa shape index (κ3) is 3.22. The highest BCUT2D eigenvalue weighted by Gasteiger charge is 2.31. The van der Waals surface area contributed by atoms with E-state index in [1.54, 1.807) is 6.07 Å². The molecule has 1 aromatic rings. The van der Waals surface area contributed by atoms with Crippen LogP contribution in [0.4, 0.5) is 5.69 Å². The highest BCUT2D eigenvalue weighted by Crippen LogP contribution is 2.35. The fourth-order valence-electron chi connectivity index (χ4n) is 2.75. The molecule has 1 aliphatic carbocycles. The molecule has 5 N–H and O–H groups in total. The highest BCUT2D eigenvalue weighted by atomic mass is 16.3. The van der Waals surface area contributed by atoms with E-state index in [2.05, 4.69) is 5.32 Å². The summed E-state index contributed by atoms with van der Waals surface area (Å²) < 4.78 is 0. The van der Waals surface area contributed by atoms with Crippen LogP contribution in [0.5, 0.6) is 5.75 Å². The predicted octanol–water partition coefficient (Wildman–Crippen LogP) is 1.65. The quantitative estimate of drug-likeness (QED) is 0.497. The summed E-state index contributed by atoms with van der Waals surface area (Å²) in [5.41, 5.74) is 5.94. The number of aromatic hydroxyl groups is 1. The summed E-state index contributed by atoms with van der Waals surface area (Å²) in [5, 5.41) is 22.0. The largest absolute Gasteiger partial charge is 0.506 e. The Morgan fingerprint density at radius 3 is 2.60 bits per heavy atom. The first kappa shape index (κ1) is 14.7. The maximum absolute atomic E-state index is 12.1. The molecule has 20 heavy (non-hydrogen) atoms. The van der Waals surface area contributed by atoms with Crippen LogP contribution in [-0.4, -0.2) is 29.3 Å². The molecule has 1 aliphatic rings. The lowest BCUT2D eigenvalue weighted by Crippen LogP contribution is -2.41. The van der Waals surface area contributed by atoms with Gasteiger partial charge in [0.05, 0.1) is 12.3 Å². The van der Waals surface area contributed by atoms with E-state index in [0.717, 1.165) is 25.7 Å². The lowest BCUT2D eigenvalue weighted by molar-refractivity contribution is 0.0718. The zero-order valence-electron chi connectivity index (χ0n) is 11.6. The van der Waals surface area contributed by atoms with Crippen LogP contribution in [0.25, 0.3) is 0 Å². The van der Waals surface area contributed by atoms with Crippen LogP contribution in [0, 0.1) is 5.41 Å². The summed E-state index contributed by atoms with van der Waals surface area (Å²) in [6.07, 6.45) is 5.27. The van der Waals surface area contributed by atoms with Crippen LogP contribution in [0.3, 0.4) is 0 Å². The molecule has 110 valence electrons. The van der Waals surface area contributed by atoms with Gasteiger partial charge in [-0.05, 0) is 31.0 Å². The Morgan fingerprint density at radius 2 is 2.00 bits per heavy atom. The molecule has 0 atom stereocenters. The molecule has 1 amide bonds. The number of hydrogen-bond donors (Lipinski definition) is 4. The van der Waals surface area contributed by atoms with Crippen LogP contribution in [-0.2, 0) is 0 Å². The first-order valence-corrected chi connectivity index (χ1v) is 7.04. The summed E-state index contributed by atoms with van der Waals surface area (Å²) in [7, 11) is 0. The van der Waals surface area contributed by atoms with Gasteiger partial charge in [0.15, 0.2) is 0 Å². The maximum atomic E-state index is 12.1. The number of aliphatic hydroxyl groups is 1. The third-order valence-electron chi connectivity index (χ3n) is 4.17. The standard InChI is InChI=1S/C15H22N2O3/c16-12-5-4-11(8-13(12)19)14(20)17-9-15(10-18)6-2-1-3-7-15/h4-5,8,18-19H,1-3,6-7,9-10,16H2,(H,17,20). The zero-order chi connectivity index (χ0) is 14.6. The summed E-state index contributed by atoms with van der Waals surface area (Å²) in [4.78, 5) is 12.1. The number of rotatable bonds is 4. The van der Waals surface area contributed by atoms with E-state index in [9.17, 15) is 15.0 Å². The molecule has 1 aromatic carbocycles. The number of nitrogens with one attached hydrogen (secondary N) is 1. The number of amides is 1. The fraction of sp³-hybridized carbons (Fsp3) is 0.533. The molecule has 0 aliphatic heterocycles. The topological polar surface area (TPSA) is 95.6 Å². The van der Waals surface area contributed by atoms with Gasteiger partial charge in [-0.15, -0.1) is 0 Å². The third-order valence-corrected chi connectivity index (χ3v) is 4.17. The number of carbonyl (C=O) groups excluding carboxylic acids is 1. The van der Waals surface area contributed by atoms with Crippen LogP contribution in [0.2, 0.25) is 0 Å². The minimum absolute atomic E-state index is 0.0906. The predicted molar refractivity (Wildman–Crippen MR) is 77.5 cm³/mol. The molecule has 1 fully saturated rings. The van der Waals surface area contributed by atoms with E-state index in [1.807, 2.05) is 0 Å². The monoisotopic (exact) mass is 278 g/mol. The van der Waals surface area contributed by atoms with Gasteiger partial charge in [-0.3, -0.25) is 4.79 Å². The number of benzene rings is 1. The molecule has 0 unspecified atom stereocenters. The zero-order valence-corrected chi connectivity index (χ0v) is 11.6. The number of anilines is 1. The van der Waals surface area contributed by atoms with Crippen molar-refractivity contribution in [3.63, 3.8) is 0 Å². The van der Waals surface area contributed by atoms with Gasteiger partial charge >= 0.3 is 0 Å². The molecule has 0 saturated heterocycles. The molecule has 0 heterocycles. The number of carbonyl (C=O) groups is 1. The van der Waals surface area contributed by atoms with Gasteiger partial charge in [0, 0.05) is 17.5 Å². The molecule has 0 bridgehead atoms. The van der Waals surface area contributed by atoms with Crippen molar-refractivity contribution in [2.45, 2.75) is 32.1 Å². The van der Waals surface area contributed by atoms with Gasteiger partial charge in [0.2, 0.25) is 0 Å². The molecular formula is C15H22N2O3. The van der Waals surface area contributed by atoms with Crippen LogP contribution in [0.15, 0.2) is 18.2 Å². The second-order valence-corrected chi connectivity index (χ2v) is 5.68. The Kier molecular flexibility index (Phi) is 4.49. The van der Waals surface area contributed by atoms with Crippen molar-refractivity contribution in [2.24, 2.45) is 5.41 Å². The second kappa shape index (κ2) is 6.13. The number of hydrogen-bond acceptors (Lipinski definition) is 4. The average Bonchev–Trinajstić information content (AvgIpc) is 2.48. The Morgan fingerprint density at radius 1 is 1.30 bits per heavy atom. The number of nitrogen functional groups attached to an aromatic ring is 1. The number of aliphatic hydroxyl groups excluding tert-OH is 1. The van der Waals surface area contributed by atoms with Crippen molar-refractivity contribution >= 4 is 11.6 Å². The van der Waals surface area contributed by atoms with Crippen molar-refractivity contribution in [2.75, 3.05) is 18.9 Å². The van der Waals surface area contributed by atoms with Crippen molar-refractivity contribution in [1.82, 2.24) is 5.32 Å². The molecule has 5 nitrogen and oxygen atoms in total. The lowest BCUT2D eigenvalue weighted by Gasteiger charge is -2.35. The molecule has 5 heteroatoms. The van der Waals surface area contributed by atoms with E-state index >= 15 is 0 Å². The summed E-state index contributed by atoms with van der Waals surface area (Å²) in [6, 6.07) is 4.45. The van der Waals surface area contributed by atoms with Gasteiger partial charge in [0.1, 0.15) is 5.75 Å². The number of phenols is 1. The first-order chi connectivity index (χ1) is 9.56. The molecule has 2 rings (SSSR count). The van der Waals surface area contributed by atoms with E-state index in [4.69, 9.17) is 5.73 Å². The van der Waals surface area contributed by atoms with Gasteiger partial charge in [-0.1, -0.05) is 19.3 Å². The van der Waals surface area contributed by atoms with E-state index in [0.29, 0.717) is 12.1 Å². The smallest absolute Gasteiger partial charge is 0.251 e. The summed E-state index contributed by atoms with van der Waals surface area (Å²) in [6.45, 7) is 0.563. The SMILES string of the molecule is Nc1ccc(C(=O)NCC2(CO)CCCCC2)cc1O. The molecular weight excluding hydrogens is 256 g/mol. The van der Waals surface area contributed by atoms with Gasteiger partial charge in [-0.25, -0.2) is 0 Å². The van der Waals surface area contributed by atoms with Crippen molar-refractivity contribution in [3.05, 3.63) is 23.8 Å². The maximum Gasteiger partial charge on any atom is 0.251 e. The van der Waals surface area contributed by atoms with Gasteiger partial charge < -0.3 is 21.3 Å². The second-order valence-electron chi connectivity index (χ2n) is 5.68. The molecule has 0 spiro atoms. The van der Waals surface area contributed by atoms with Crippen molar-refractivity contribution < 1.29 is 15.0 Å². The minimum Gasteiger partial charge on any atom is -0.506 e. The van der Waals surface area contributed by atoms with E-state index < -0.39 is 0 Å². The van der Waals surface area contributed by atoms with Crippen molar-refractivity contribution in [3.8, 4) is 5.75 Å². The van der Waals surface area contributed by atoms with Crippen LogP contribution in [0.1, 0.15) is 42.5 Å². The Balaban J connectivity index is 1.98. The summed E-state index contributed by atoms with van der Waals surface area (Å²) >= 11 is 0. The van der Waals surface area contributed by atoms with Crippen molar-refractivity contribution in [1.29, 1.82) is 0 Å². The minimum atomic E-state index is -0.251. The molecule has 0 radical (unpaired) electrons. The van der Waals surface area contributed by atoms with Gasteiger partial charge in [0.25, 0.3) is 5.91 Å².